The predicted molar refractivity (Wildman–Crippen MR) is 54.0 cm³/mol. The molecule has 2 rings (SSSR count). The molecule has 0 spiro atoms. The Kier molecular flexibility index (Phi) is 1.85. The van der Waals surface area contributed by atoms with Crippen LogP contribution in [0.25, 0.3) is 0 Å². The van der Waals surface area contributed by atoms with E-state index in [1.54, 1.807) is 12.3 Å². The van der Waals surface area contributed by atoms with Gasteiger partial charge in [-0.1, -0.05) is 20.8 Å². The first-order chi connectivity index (χ1) is 6.50. The van der Waals surface area contributed by atoms with Crippen LogP contribution in [0.1, 0.15) is 27.0 Å². The lowest BCUT2D eigenvalue weighted by molar-refractivity contribution is 0.148. The summed E-state index contributed by atoms with van der Waals surface area (Å²) in [5, 5.41) is 18.2. The smallest absolute Gasteiger partial charge is 0.190 e. The average molecular weight is 194 g/mol. The van der Waals surface area contributed by atoms with E-state index >= 15 is 0 Å². The summed E-state index contributed by atoms with van der Waals surface area (Å²) in [5.41, 5.74) is 3.38. The fourth-order valence-electron chi connectivity index (χ4n) is 1.44. The summed E-state index contributed by atoms with van der Waals surface area (Å²) in [7, 11) is 0. The number of anilines is 1. The number of fused-ring (bicyclic) bond motifs is 1. The molecule has 1 aliphatic heterocycles. The second kappa shape index (κ2) is 2.81. The molecule has 0 aromatic carbocycles. The Balaban J connectivity index is 2.38. The zero-order chi connectivity index (χ0) is 10.3. The van der Waals surface area contributed by atoms with Crippen LogP contribution < -0.4 is 5.43 Å². The zero-order valence-electron chi connectivity index (χ0n) is 8.52. The summed E-state index contributed by atoms with van der Waals surface area (Å²) >= 11 is 0. The van der Waals surface area contributed by atoms with Gasteiger partial charge in [-0.2, -0.15) is 10.2 Å². The van der Waals surface area contributed by atoms with Gasteiger partial charge in [0.15, 0.2) is 6.23 Å². The molecule has 1 unspecified atom stereocenters. The molecule has 1 aliphatic rings. The van der Waals surface area contributed by atoms with Crippen molar-refractivity contribution in [2.45, 2.75) is 27.0 Å². The van der Waals surface area contributed by atoms with E-state index in [2.05, 4.69) is 15.6 Å². The molecule has 2 N–H and O–H groups in total. The van der Waals surface area contributed by atoms with E-state index in [1.807, 2.05) is 20.8 Å². The minimum absolute atomic E-state index is 0.171. The normalized spacial score (nSPS) is 21.1. The monoisotopic (exact) mass is 194 g/mol. The number of hydrazone groups is 1. The Morgan fingerprint density at radius 2 is 2.21 bits per heavy atom. The van der Waals surface area contributed by atoms with Gasteiger partial charge in [0.2, 0.25) is 0 Å². The summed E-state index contributed by atoms with van der Waals surface area (Å²) in [6.07, 6.45) is 0.869. The topological polar surface area (TPSA) is 62.4 Å². The van der Waals surface area contributed by atoms with Crippen molar-refractivity contribution in [3.8, 4) is 0 Å². The first-order valence-electron chi connectivity index (χ1n) is 4.56. The van der Waals surface area contributed by atoms with Gasteiger partial charge < -0.3 is 5.11 Å². The Bertz CT molecular complexity index is 374. The highest BCUT2D eigenvalue weighted by Crippen LogP contribution is 2.28. The van der Waals surface area contributed by atoms with Gasteiger partial charge in [0.1, 0.15) is 5.82 Å². The molecule has 0 fully saturated rings. The lowest BCUT2D eigenvalue weighted by Crippen LogP contribution is -2.35. The highest BCUT2D eigenvalue weighted by Gasteiger charge is 2.31. The zero-order valence-corrected chi connectivity index (χ0v) is 8.52. The number of rotatable bonds is 0. The van der Waals surface area contributed by atoms with Crippen LogP contribution in [0.2, 0.25) is 0 Å². The van der Waals surface area contributed by atoms with E-state index < -0.39 is 6.23 Å². The fourth-order valence-corrected chi connectivity index (χ4v) is 1.44. The maximum atomic E-state index is 9.98. The second-order valence-corrected chi connectivity index (χ2v) is 4.39. The molecule has 5 nitrogen and oxygen atoms in total. The van der Waals surface area contributed by atoms with Crippen molar-refractivity contribution in [3.63, 3.8) is 0 Å². The van der Waals surface area contributed by atoms with E-state index in [9.17, 15) is 5.11 Å². The molecule has 1 atom stereocenters. The van der Waals surface area contributed by atoms with Crippen LogP contribution in [-0.2, 0) is 0 Å². The third kappa shape index (κ3) is 1.29. The summed E-state index contributed by atoms with van der Waals surface area (Å²) in [6, 6.07) is 1.77. The molecule has 2 heterocycles. The maximum Gasteiger partial charge on any atom is 0.190 e. The maximum absolute atomic E-state index is 9.98. The average Bonchev–Trinajstić information content (AvgIpc) is 2.50. The van der Waals surface area contributed by atoms with Crippen LogP contribution in [-0.4, -0.2) is 20.6 Å². The third-order valence-electron chi connectivity index (χ3n) is 2.21. The minimum atomic E-state index is -0.763. The lowest BCUT2D eigenvalue weighted by Gasteiger charge is -2.29. The van der Waals surface area contributed by atoms with E-state index in [0.29, 0.717) is 11.5 Å². The van der Waals surface area contributed by atoms with Crippen LogP contribution in [0.15, 0.2) is 17.4 Å². The van der Waals surface area contributed by atoms with Crippen LogP contribution in [0.3, 0.4) is 0 Å². The van der Waals surface area contributed by atoms with Gasteiger partial charge >= 0.3 is 0 Å². The Morgan fingerprint density at radius 3 is 2.86 bits per heavy atom. The number of hydrogen-bond donors (Lipinski definition) is 2. The van der Waals surface area contributed by atoms with E-state index in [1.165, 1.54) is 4.68 Å². The molecular formula is C9H14N4O. The molecule has 14 heavy (non-hydrogen) atoms. The highest BCUT2D eigenvalue weighted by molar-refractivity contribution is 5.93. The van der Waals surface area contributed by atoms with Crippen molar-refractivity contribution in [3.05, 3.63) is 12.3 Å². The van der Waals surface area contributed by atoms with Crippen molar-refractivity contribution >= 4 is 11.5 Å². The quantitative estimate of drug-likeness (QED) is 0.652. The van der Waals surface area contributed by atoms with Gasteiger partial charge in [-0.15, -0.1) is 0 Å². The third-order valence-corrected chi connectivity index (χ3v) is 2.21. The van der Waals surface area contributed by atoms with Gasteiger partial charge in [0, 0.05) is 11.5 Å². The molecule has 76 valence electrons. The molecule has 0 amide bonds. The van der Waals surface area contributed by atoms with Crippen molar-refractivity contribution in [2.75, 3.05) is 5.43 Å². The summed E-state index contributed by atoms with van der Waals surface area (Å²) in [5.74, 6) is 0.713. The molecule has 0 saturated heterocycles. The van der Waals surface area contributed by atoms with Crippen molar-refractivity contribution in [1.29, 1.82) is 0 Å². The molecule has 0 saturated carbocycles. The molecular weight excluding hydrogens is 180 g/mol. The van der Waals surface area contributed by atoms with Gasteiger partial charge in [-0.25, -0.2) is 4.68 Å². The lowest BCUT2D eigenvalue weighted by atomic mass is 9.89. The summed E-state index contributed by atoms with van der Waals surface area (Å²) in [4.78, 5) is 0. The van der Waals surface area contributed by atoms with Gasteiger partial charge in [0.25, 0.3) is 0 Å². The van der Waals surface area contributed by atoms with Crippen LogP contribution in [0.5, 0.6) is 0 Å². The highest BCUT2D eigenvalue weighted by atomic mass is 16.3. The Morgan fingerprint density at radius 1 is 1.50 bits per heavy atom. The summed E-state index contributed by atoms with van der Waals surface area (Å²) < 4.78 is 1.52. The van der Waals surface area contributed by atoms with Gasteiger partial charge in [-0.05, 0) is 0 Å². The van der Waals surface area contributed by atoms with Crippen molar-refractivity contribution < 1.29 is 5.11 Å². The van der Waals surface area contributed by atoms with E-state index in [-0.39, 0.29) is 5.41 Å². The van der Waals surface area contributed by atoms with E-state index in [0.717, 1.165) is 0 Å². The number of nitrogens with zero attached hydrogens (tertiary/aromatic N) is 3. The molecule has 1 aromatic rings. The number of aliphatic hydroxyl groups is 1. The number of aromatic nitrogens is 2. The molecule has 0 aliphatic carbocycles. The van der Waals surface area contributed by atoms with Gasteiger partial charge in [0.05, 0.1) is 11.9 Å². The number of aliphatic hydroxyl groups excluding tert-OH is 1. The predicted octanol–water partition coefficient (Wildman–Crippen LogP) is 1.20. The van der Waals surface area contributed by atoms with Crippen LogP contribution >= 0.6 is 0 Å². The Hall–Kier alpha value is -1.36. The van der Waals surface area contributed by atoms with Crippen LogP contribution in [0.4, 0.5) is 5.82 Å². The number of hydrogen-bond acceptors (Lipinski definition) is 4. The first kappa shape index (κ1) is 9.21. The summed E-state index contributed by atoms with van der Waals surface area (Å²) in [6.45, 7) is 6.02. The molecule has 0 radical (unpaired) electrons. The van der Waals surface area contributed by atoms with Crippen LogP contribution in [0, 0.1) is 5.41 Å². The standard InChI is InChI=1S/C9H14N4O/c1-9(2,3)7-8(14)13-6(11-12-7)4-5-10-13/h4-5,8,11,14H,1-3H3. The first-order valence-corrected chi connectivity index (χ1v) is 4.56. The second-order valence-electron chi connectivity index (χ2n) is 4.39. The van der Waals surface area contributed by atoms with Crippen molar-refractivity contribution in [1.82, 2.24) is 9.78 Å². The largest absolute Gasteiger partial charge is 0.367 e. The molecule has 0 bridgehead atoms. The minimum Gasteiger partial charge on any atom is -0.367 e. The Labute approximate surface area is 82.4 Å². The molecule has 5 heteroatoms. The SMILES string of the molecule is CC(C)(C)C1=NNc2ccnn2C1O. The number of nitrogens with one attached hydrogen (secondary N) is 1. The van der Waals surface area contributed by atoms with Crippen molar-refractivity contribution in [2.24, 2.45) is 10.5 Å². The fraction of sp³-hybridized carbons (Fsp3) is 0.556. The molecule has 1 aromatic heterocycles. The van der Waals surface area contributed by atoms with Gasteiger partial charge in [-0.3, -0.25) is 5.43 Å². The van der Waals surface area contributed by atoms with E-state index in [4.69, 9.17) is 0 Å².